The van der Waals surface area contributed by atoms with Gasteiger partial charge in [0.2, 0.25) is 34.4 Å². The van der Waals surface area contributed by atoms with Gasteiger partial charge in [0, 0.05) is 43.2 Å². The summed E-state index contributed by atoms with van der Waals surface area (Å²) < 4.78 is 43.2. The zero-order valence-corrected chi connectivity index (χ0v) is 20.1. The van der Waals surface area contributed by atoms with Gasteiger partial charge in [0.05, 0.1) is 4.90 Å². The number of nitrogens with zero attached hydrogens (tertiary/aromatic N) is 3. The lowest BCUT2D eigenvalue weighted by Gasteiger charge is -2.29. The Bertz CT molecular complexity index is 1310. The third kappa shape index (κ3) is 5.15. The van der Waals surface area contributed by atoms with Crippen molar-refractivity contribution in [1.29, 1.82) is 0 Å². The van der Waals surface area contributed by atoms with Crippen molar-refractivity contribution in [2.24, 2.45) is 5.92 Å². The standard InChI is InChI=1S/C24H26N4O6S/c1-16-10-12-28(13-11-16)35(30,31)19-5-2-17(3-6-19)24-26-23(34-27-24)9-8-22(29)25-18-4-7-20-21(14-18)33-15-32-20/h2-7,14,16H,8-13,15H2,1H3,(H,25,29). The second-order valence-corrected chi connectivity index (χ2v) is 10.7. The van der Waals surface area contributed by atoms with Crippen molar-refractivity contribution in [1.82, 2.24) is 14.4 Å². The Labute approximate surface area is 203 Å². The van der Waals surface area contributed by atoms with Gasteiger partial charge in [-0.1, -0.05) is 12.1 Å². The van der Waals surface area contributed by atoms with Gasteiger partial charge < -0.3 is 19.3 Å². The molecule has 2 aliphatic heterocycles. The van der Waals surface area contributed by atoms with Crippen LogP contribution in [0.4, 0.5) is 5.69 Å². The molecule has 35 heavy (non-hydrogen) atoms. The number of carbonyl (C=O) groups is 1. The number of hydrogen-bond donors (Lipinski definition) is 1. The Morgan fingerprint density at radius 3 is 2.60 bits per heavy atom. The van der Waals surface area contributed by atoms with Crippen LogP contribution in [-0.2, 0) is 21.2 Å². The van der Waals surface area contributed by atoms with Gasteiger partial charge in [0.25, 0.3) is 0 Å². The Kier molecular flexibility index (Phi) is 6.44. The van der Waals surface area contributed by atoms with Crippen molar-refractivity contribution < 1.29 is 27.2 Å². The highest BCUT2D eigenvalue weighted by atomic mass is 32.2. The third-order valence-electron chi connectivity index (χ3n) is 6.18. The Morgan fingerprint density at radius 2 is 1.83 bits per heavy atom. The number of benzene rings is 2. The van der Waals surface area contributed by atoms with Crippen molar-refractivity contribution in [3.63, 3.8) is 0 Å². The number of anilines is 1. The second-order valence-electron chi connectivity index (χ2n) is 8.74. The van der Waals surface area contributed by atoms with Crippen LogP contribution in [-0.4, -0.2) is 48.7 Å². The molecule has 1 saturated heterocycles. The lowest BCUT2D eigenvalue weighted by Crippen LogP contribution is -2.37. The molecule has 0 saturated carbocycles. The predicted octanol–water partition coefficient (Wildman–Crippen LogP) is 3.46. The molecule has 1 fully saturated rings. The molecule has 1 amide bonds. The van der Waals surface area contributed by atoms with E-state index in [9.17, 15) is 13.2 Å². The van der Waals surface area contributed by atoms with Crippen LogP contribution >= 0.6 is 0 Å². The van der Waals surface area contributed by atoms with Gasteiger partial charge in [-0.3, -0.25) is 4.79 Å². The van der Waals surface area contributed by atoms with E-state index in [0.29, 0.717) is 53.5 Å². The van der Waals surface area contributed by atoms with E-state index in [4.69, 9.17) is 14.0 Å². The van der Waals surface area contributed by atoms with E-state index in [1.165, 1.54) is 0 Å². The second kappa shape index (κ2) is 9.67. The van der Waals surface area contributed by atoms with Gasteiger partial charge in [-0.05, 0) is 55.2 Å². The zero-order valence-electron chi connectivity index (χ0n) is 19.3. The summed E-state index contributed by atoms with van der Waals surface area (Å²) in [5.74, 6) is 2.24. The maximum Gasteiger partial charge on any atom is 0.243 e. The predicted molar refractivity (Wildman–Crippen MR) is 126 cm³/mol. The highest BCUT2D eigenvalue weighted by molar-refractivity contribution is 7.89. The maximum atomic E-state index is 12.9. The molecule has 1 N–H and O–H groups in total. The molecule has 0 spiro atoms. The van der Waals surface area contributed by atoms with Crippen LogP contribution in [0.1, 0.15) is 32.1 Å². The van der Waals surface area contributed by atoms with E-state index in [1.807, 2.05) is 0 Å². The molecule has 3 aromatic rings. The summed E-state index contributed by atoms with van der Waals surface area (Å²) >= 11 is 0. The van der Waals surface area contributed by atoms with Crippen molar-refractivity contribution in [2.75, 3.05) is 25.2 Å². The molecule has 5 rings (SSSR count). The number of amides is 1. The number of rotatable bonds is 7. The third-order valence-corrected chi connectivity index (χ3v) is 8.10. The number of piperidine rings is 1. The van der Waals surface area contributed by atoms with Crippen molar-refractivity contribution >= 4 is 21.6 Å². The minimum atomic E-state index is -3.52. The number of aryl methyl sites for hydroxylation is 1. The first-order chi connectivity index (χ1) is 16.9. The molecule has 1 aromatic heterocycles. The molecule has 3 heterocycles. The fourth-order valence-electron chi connectivity index (χ4n) is 4.04. The maximum absolute atomic E-state index is 12.9. The molecule has 0 bridgehead atoms. The molecule has 11 heteroatoms. The molecule has 2 aromatic carbocycles. The van der Waals surface area contributed by atoms with E-state index in [1.54, 1.807) is 46.8 Å². The lowest BCUT2D eigenvalue weighted by molar-refractivity contribution is -0.116. The number of ether oxygens (including phenoxy) is 2. The van der Waals surface area contributed by atoms with Gasteiger partial charge in [0.15, 0.2) is 11.5 Å². The summed E-state index contributed by atoms with van der Waals surface area (Å²) in [6.45, 7) is 3.40. The van der Waals surface area contributed by atoms with Crippen molar-refractivity contribution in [3.05, 3.63) is 48.4 Å². The SMILES string of the molecule is CC1CCN(S(=O)(=O)c2ccc(-c3noc(CCC(=O)Nc4ccc5c(c4)OCO5)n3)cc2)CC1. The topological polar surface area (TPSA) is 124 Å². The van der Waals surface area contributed by atoms with Crippen LogP contribution in [0.2, 0.25) is 0 Å². The molecule has 0 atom stereocenters. The van der Waals surface area contributed by atoms with E-state index < -0.39 is 10.0 Å². The Balaban J connectivity index is 1.17. The van der Waals surface area contributed by atoms with E-state index in [-0.39, 0.29) is 30.4 Å². The quantitative estimate of drug-likeness (QED) is 0.525. The lowest BCUT2D eigenvalue weighted by atomic mass is 10.0. The van der Waals surface area contributed by atoms with Crippen molar-refractivity contribution in [2.45, 2.75) is 37.5 Å². The molecule has 0 unspecified atom stereocenters. The summed E-state index contributed by atoms with van der Waals surface area (Å²) in [6.07, 6.45) is 2.17. The molecule has 2 aliphatic rings. The summed E-state index contributed by atoms with van der Waals surface area (Å²) in [5.41, 5.74) is 1.25. The van der Waals surface area contributed by atoms with Crippen LogP contribution in [0.25, 0.3) is 11.4 Å². The average molecular weight is 499 g/mol. The molecular formula is C24H26N4O6S. The largest absolute Gasteiger partial charge is 0.454 e. The first-order valence-electron chi connectivity index (χ1n) is 11.5. The Morgan fingerprint density at radius 1 is 1.09 bits per heavy atom. The average Bonchev–Trinajstić information content (AvgIpc) is 3.52. The fourth-order valence-corrected chi connectivity index (χ4v) is 5.51. The highest BCUT2D eigenvalue weighted by Gasteiger charge is 2.28. The van der Waals surface area contributed by atoms with Crippen LogP contribution in [0.15, 0.2) is 51.9 Å². The monoisotopic (exact) mass is 498 g/mol. The normalized spacial score (nSPS) is 16.4. The van der Waals surface area contributed by atoms with E-state index in [2.05, 4.69) is 22.4 Å². The summed E-state index contributed by atoms with van der Waals surface area (Å²) in [7, 11) is -3.52. The number of aromatic nitrogens is 2. The van der Waals surface area contributed by atoms with Crippen LogP contribution < -0.4 is 14.8 Å². The number of hydrogen-bond acceptors (Lipinski definition) is 8. The van der Waals surface area contributed by atoms with Crippen LogP contribution in [0.5, 0.6) is 11.5 Å². The minimum Gasteiger partial charge on any atom is -0.454 e. The summed E-state index contributed by atoms with van der Waals surface area (Å²) in [5, 5.41) is 6.77. The molecular weight excluding hydrogens is 472 g/mol. The smallest absolute Gasteiger partial charge is 0.243 e. The first-order valence-corrected chi connectivity index (χ1v) is 13.0. The number of sulfonamides is 1. The molecule has 0 radical (unpaired) electrons. The van der Waals surface area contributed by atoms with Crippen LogP contribution in [0.3, 0.4) is 0 Å². The van der Waals surface area contributed by atoms with Gasteiger partial charge >= 0.3 is 0 Å². The molecule has 10 nitrogen and oxygen atoms in total. The van der Waals surface area contributed by atoms with E-state index >= 15 is 0 Å². The van der Waals surface area contributed by atoms with Gasteiger partial charge in [-0.2, -0.15) is 9.29 Å². The zero-order chi connectivity index (χ0) is 24.4. The van der Waals surface area contributed by atoms with E-state index in [0.717, 1.165) is 12.8 Å². The fraction of sp³-hybridized carbons (Fsp3) is 0.375. The molecule has 0 aliphatic carbocycles. The highest BCUT2D eigenvalue weighted by Crippen LogP contribution is 2.34. The molecule has 184 valence electrons. The van der Waals surface area contributed by atoms with Crippen LogP contribution in [0, 0.1) is 5.92 Å². The number of fused-ring (bicyclic) bond motifs is 1. The van der Waals surface area contributed by atoms with Gasteiger partial charge in [-0.15, -0.1) is 0 Å². The number of carbonyl (C=O) groups excluding carboxylic acids is 1. The number of nitrogens with one attached hydrogen (secondary N) is 1. The summed E-state index contributed by atoms with van der Waals surface area (Å²) in [4.78, 5) is 16.9. The van der Waals surface area contributed by atoms with Gasteiger partial charge in [-0.25, -0.2) is 8.42 Å². The Hall–Kier alpha value is -3.44. The van der Waals surface area contributed by atoms with Gasteiger partial charge in [0.1, 0.15) is 0 Å². The van der Waals surface area contributed by atoms with Crippen molar-refractivity contribution in [3.8, 4) is 22.9 Å². The first kappa shape index (κ1) is 23.3. The summed E-state index contributed by atoms with van der Waals surface area (Å²) in [6, 6.07) is 11.7. The minimum absolute atomic E-state index is 0.154.